The number of nitrogens with one attached hydrogen (secondary N) is 1. The average Bonchev–Trinajstić information content (AvgIpc) is 2.82. The van der Waals surface area contributed by atoms with Crippen LogP contribution in [0, 0.1) is 12.7 Å². The molecule has 1 aliphatic rings. The first-order valence-corrected chi connectivity index (χ1v) is 6.95. The molecule has 3 rings (SSSR count). The third-order valence-corrected chi connectivity index (χ3v) is 3.72. The van der Waals surface area contributed by atoms with E-state index in [2.05, 4.69) is 18.3 Å². The lowest BCUT2D eigenvalue weighted by Crippen LogP contribution is -2.23. The second-order valence-electron chi connectivity index (χ2n) is 5.06. The predicted molar refractivity (Wildman–Crippen MR) is 79.2 cm³/mol. The number of halogens is 2. The first-order valence-electron chi connectivity index (χ1n) is 6.57. The number of fused-ring (bicyclic) bond motifs is 1. The largest absolute Gasteiger partial charge is 0.488 e. The van der Waals surface area contributed by atoms with Crippen molar-refractivity contribution < 1.29 is 9.13 Å². The molecular weight excluding hydrogens is 277 g/mol. The maximum absolute atomic E-state index is 13.3. The molecule has 2 nitrogen and oxygen atoms in total. The van der Waals surface area contributed by atoms with Crippen LogP contribution in [0.5, 0.6) is 5.75 Å². The minimum Gasteiger partial charge on any atom is -0.488 e. The van der Waals surface area contributed by atoms with Crippen molar-refractivity contribution in [2.24, 2.45) is 0 Å². The normalized spacial score (nSPS) is 16.6. The topological polar surface area (TPSA) is 21.3 Å². The van der Waals surface area contributed by atoms with E-state index in [0.29, 0.717) is 12.2 Å². The number of ether oxygens (including phenoxy) is 1. The van der Waals surface area contributed by atoms with Crippen LogP contribution in [0.25, 0.3) is 0 Å². The summed E-state index contributed by atoms with van der Waals surface area (Å²) in [5.41, 5.74) is 3.18. The van der Waals surface area contributed by atoms with Gasteiger partial charge in [0.1, 0.15) is 17.7 Å². The summed E-state index contributed by atoms with van der Waals surface area (Å²) in [6.45, 7) is 2.71. The van der Waals surface area contributed by atoms with Crippen molar-refractivity contribution in [3.8, 4) is 5.75 Å². The summed E-state index contributed by atoms with van der Waals surface area (Å²) in [5, 5.41) is 3.32. The van der Waals surface area contributed by atoms with Crippen LogP contribution in [0.3, 0.4) is 0 Å². The lowest BCUT2D eigenvalue weighted by Gasteiger charge is -2.13. The van der Waals surface area contributed by atoms with E-state index in [-0.39, 0.29) is 11.1 Å². The van der Waals surface area contributed by atoms with E-state index in [9.17, 15) is 4.39 Å². The molecule has 0 saturated carbocycles. The second-order valence-corrected chi connectivity index (χ2v) is 5.47. The molecule has 104 valence electrons. The maximum Gasteiger partial charge on any atom is 0.143 e. The highest BCUT2D eigenvalue weighted by molar-refractivity contribution is 6.30. The van der Waals surface area contributed by atoms with Crippen molar-refractivity contribution in [3.63, 3.8) is 0 Å². The van der Waals surface area contributed by atoms with E-state index in [1.165, 1.54) is 17.2 Å². The van der Waals surface area contributed by atoms with E-state index >= 15 is 0 Å². The molecule has 0 spiro atoms. The summed E-state index contributed by atoms with van der Waals surface area (Å²) in [6.07, 6.45) is 0.950. The zero-order valence-electron chi connectivity index (χ0n) is 11.1. The molecule has 0 fully saturated rings. The number of anilines is 1. The lowest BCUT2D eigenvalue weighted by molar-refractivity contribution is 0.246. The third kappa shape index (κ3) is 2.73. The van der Waals surface area contributed by atoms with Crippen LogP contribution in [0.1, 0.15) is 11.1 Å². The molecule has 20 heavy (non-hydrogen) atoms. The molecule has 0 aromatic heterocycles. The van der Waals surface area contributed by atoms with Crippen molar-refractivity contribution in [1.82, 2.24) is 0 Å². The van der Waals surface area contributed by atoms with Gasteiger partial charge in [-0.25, -0.2) is 4.39 Å². The van der Waals surface area contributed by atoms with Gasteiger partial charge in [0.2, 0.25) is 0 Å². The van der Waals surface area contributed by atoms with E-state index in [1.54, 1.807) is 12.1 Å². The van der Waals surface area contributed by atoms with Gasteiger partial charge in [0.25, 0.3) is 0 Å². The van der Waals surface area contributed by atoms with Crippen molar-refractivity contribution in [2.75, 3.05) is 11.9 Å². The Morgan fingerprint density at radius 2 is 2.15 bits per heavy atom. The Labute approximate surface area is 122 Å². The molecule has 1 heterocycles. The Bertz CT molecular complexity index is 644. The first-order chi connectivity index (χ1) is 9.61. The monoisotopic (exact) mass is 291 g/mol. The minimum absolute atomic E-state index is 0.0746. The Balaban J connectivity index is 1.62. The number of rotatable bonds is 3. The molecule has 2 aromatic rings. The Morgan fingerprint density at radius 3 is 2.95 bits per heavy atom. The highest BCUT2D eigenvalue weighted by atomic mass is 35.5. The number of hydrogen-bond donors (Lipinski definition) is 1. The van der Waals surface area contributed by atoms with E-state index in [4.69, 9.17) is 16.3 Å². The zero-order chi connectivity index (χ0) is 14.1. The highest BCUT2D eigenvalue weighted by Gasteiger charge is 2.22. The Kier molecular flexibility index (Phi) is 3.53. The van der Waals surface area contributed by atoms with Crippen LogP contribution < -0.4 is 10.1 Å². The fraction of sp³-hybridized carbons (Fsp3) is 0.250. The minimum atomic E-state index is -0.414. The van der Waals surface area contributed by atoms with Crippen molar-refractivity contribution in [2.45, 2.75) is 19.4 Å². The first kappa shape index (κ1) is 13.3. The SMILES string of the molecule is Cc1ccc2c(c1)CC(CNc1ccc(Cl)c(F)c1)O2. The molecule has 1 atom stereocenters. The Morgan fingerprint density at radius 1 is 1.30 bits per heavy atom. The molecule has 1 aliphatic heterocycles. The van der Waals surface area contributed by atoms with Crippen molar-refractivity contribution >= 4 is 17.3 Å². The van der Waals surface area contributed by atoms with Crippen molar-refractivity contribution in [1.29, 1.82) is 0 Å². The Hall–Kier alpha value is -1.74. The number of hydrogen-bond acceptors (Lipinski definition) is 2. The molecule has 1 N–H and O–H groups in total. The van der Waals surface area contributed by atoms with Crippen LogP contribution in [-0.4, -0.2) is 12.6 Å². The maximum atomic E-state index is 13.3. The fourth-order valence-electron chi connectivity index (χ4n) is 2.40. The molecule has 4 heteroatoms. The number of aryl methyl sites for hydroxylation is 1. The van der Waals surface area contributed by atoms with E-state index < -0.39 is 5.82 Å². The van der Waals surface area contributed by atoms with Gasteiger partial charge in [0.15, 0.2) is 0 Å². The van der Waals surface area contributed by atoms with Crippen LogP contribution in [0.4, 0.5) is 10.1 Å². The summed E-state index contributed by atoms with van der Waals surface area (Å²) in [7, 11) is 0. The molecular formula is C16H15ClFNO. The summed E-state index contributed by atoms with van der Waals surface area (Å²) >= 11 is 5.66. The summed E-state index contributed by atoms with van der Waals surface area (Å²) in [4.78, 5) is 0. The van der Waals surface area contributed by atoms with Gasteiger partial charge in [-0.3, -0.25) is 0 Å². The van der Waals surface area contributed by atoms with Crippen LogP contribution in [0.2, 0.25) is 5.02 Å². The predicted octanol–water partition coefficient (Wildman–Crippen LogP) is 4.20. The molecule has 0 saturated heterocycles. The average molecular weight is 292 g/mol. The molecule has 0 amide bonds. The smallest absolute Gasteiger partial charge is 0.143 e. The molecule has 2 aromatic carbocycles. The summed E-state index contributed by atoms with van der Waals surface area (Å²) in [5.74, 6) is 0.535. The quantitative estimate of drug-likeness (QED) is 0.915. The van der Waals surface area contributed by atoms with Crippen molar-refractivity contribution in [3.05, 3.63) is 58.4 Å². The standard InChI is InChI=1S/C16H15ClFNO/c1-10-2-5-16-11(6-10)7-13(20-16)9-19-12-3-4-14(17)15(18)8-12/h2-6,8,13,19H,7,9H2,1H3. The van der Waals surface area contributed by atoms with Gasteiger partial charge < -0.3 is 10.1 Å². The summed E-state index contributed by atoms with van der Waals surface area (Å²) < 4.78 is 19.2. The van der Waals surface area contributed by atoms with Gasteiger partial charge in [-0.15, -0.1) is 0 Å². The van der Waals surface area contributed by atoms with Gasteiger partial charge in [0.05, 0.1) is 11.6 Å². The van der Waals surface area contributed by atoms with Crippen LogP contribution in [-0.2, 0) is 6.42 Å². The van der Waals surface area contributed by atoms with Crippen LogP contribution in [0.15, 0.2) is 36.4 Å². The van der Waals surface area contributed by atoms with Gasteiger partial charge in [-0.2, -0.15) is 0 Å². The third-order valence-electron chi connectivity index (χ3n) is 3.41. The second kappa shape index (κ2) is 5.33. The van der Waals surface area contributed by atoms with E-state index in [0.717, 1.165) is 12.2 Å². The van der Waals surface area contributed by atoms with Gasteiger partial charge in [-0.1, -0.05) is 29.3 Å². The molecule has 0 radical (unpaired) electrons. The van der Waals surface area contributed by atoms with Gasteiger partial charge in [0, 0.05) is 12.1 Å². The number of benzene rings is 2. The molecule has 0 aliphatic carbocycles. The van der Waals surface area contributed by atoms with Gasteiger partial charge >= 0.3 is 0 Å². The summed E-state index contributed by atoms with van der Waals surface area (Å²) in [6, 6.07) is 10.9. The lowest BCUT2D eigenvalue weighted by atomic mass is 10.1. The highest BCUT2D eigenvalue weighted by Crippen LogP contribution is 2.29. The molecule has 1 unspecified atom stereocenters. The zero-order valence-corrected chi connectivity index (χ0v) is 11.9. The van der Waals surface area contributed by atoms with E-state index in [1.807, 2.05) is 12.1 Å². The molecule has 0 bridgehead atoms. The fourth-order valence-corrected chi connectivity index (χ4v) is 2.52. The van der Waals surface area contributed by atoms with Gasteiger partial charge in [-0.05, 0) is 36.8 Å². The van der Waals surface area contributed by atoms with Crippen LogP contribution >= 0.6 is 11.6 Å².